The van der Waals surface area contributed by atoms with Gasteiger partial charge in [-0.3, -0.25) is 0 Å². The van der Waals surface area contributed by atoms with Gasteiger partial charge in [0.15, 0.2) is 12.6 Å². The first-order chi connectivity index (χ1) is 10.7. The highest BCUT2D eigenvalue weighted by atomic mass is 16.7. The van der Waals surface area contributed by atoms with Crippen molar-refractivity contribution in [1.29, 1.82) is 0 Å². The van der Waals surface area contributed by atoms with E-state index in [4.69, 9.17) is 4.74 Å². The second kappa shape index (κ2) is 11.2. The van der Waals surface area contributed by atoms with Crippen molar-refractivity contribution in [1.82, 2.24) is 0 Å². The molecule has 0 aliphatic heterocycles. The predicted octanol–water partition coefficient (Wildman–Crippen LogP) is 5.12. The standard InChI is InChI=1S/C20H40O3/c1-9-13(4)15(6)17(8)18(16(7)14(5)10-2)12-20(22)23-19(21)11-3/h13-15,17,19-22H,9-12H2,1-8H3/b18-16+/t13-,14+,15-,17-,19?,20?/m1/s1. The quantitative estimate of drug-likeness (QED) is 0.409. The molecule has 0 amide bonds. The molecule has 0 aromatic carbocycles. The molecule has 2 unspecified atom stereocenters. The molecular formula is C20H40O3. The smallest absolute Gasteiger partial charge is 0.161 e. The Bertz CT molecular complexity index is 351. The van der Waals surface area contributed by atoms with E-state index in [-0.39, 0.29) is 0 Å². The fourth-order valence-corrected chi connectivity index (χ4v) is 3.02. The number of aliphatic hydroxyl groups is 2. The van der Waals surface area contributed by atoms with Crippen LogP contribution < -0.4 is 0 Å². The van der Waals surface area contributed by atoms with E-state index >= 15 is 0 Å². The van der Waals surface area contributed by atoms with E-state index in [1.54, 1.807) is 0 Å². The van der Waals surface area contributed by atoms with Crippen molar-refractivity contribution in [3.8, 4) is 0 Å². The van der Waals surface area contributed by atoms with E-state index in [0.29, 0.717) is 36.5 Å². The third kappa shape index (κ3) is 7.36. The maximum Gasteiger partial charge on any atom is 0.161 e. The second-order valence-corrected chi connectivity index (χ2v) is 7.21. The summed E-state index contributed by atoms with van der Waals surface area (Å²) in [6.45, 7) is 17.6. The van der Waals surface area contributed by atoms with Gasteiger partial charge in [0.05, 0.1) is 0 Å². The lowest BCUT2D eigenvalue weighted by Crippen LogP contribution is -2.26. The van der Waals surface area contributed by atoms with Gasteiger partial charge < -0.3 is 14.9 Å². The van der Waals surface area contributed by atoms with Gasteiger partial charge in [-0.2, -0.15) is 0 Å². The molecule has 0 heterocycles. The first kappa shape index (κ1) is 22.6. The highest BCUT2D eigenvalue weighted by Crippen LogP contribution is 2.35. The Morgan fingerprint density at radius 3 is 1.87 bits per heavy atom. The minimum absolute atomic E-state index is 0.399. The zero-order chi connectivity index (χ0) is 18.2. The lowest BCUT2D eigenvalue weighted by Gasteiger charge is -2.31. The van der Waals surface area contributed by atoms with Crippen LogP contribution in [-0.2, 0) is 4.74 Å². The number of hydrogen-bond donors (Lipinski definition) is 2. The Labute approximate surface area is 144 Å². The molecule has 0 aromatic rings. The number of hydrogen-bond acceptors (Lipinski definition) is 3. The van der Waals surface area contributed by atoms with Gasteiger partial charge in [-0.25, -0.2) is 0 Å². The van der Waals surface area contributed by atoms with Crippen LogP contribution in [0.3, 0.4) is 0 Å². The molecule has 6 atom stereocenters. The Hall–Kier alpha value is -0.380. The van der Waals surface area contributed by atoms with Gasteiger partial charge in [0.1, 0.15) is 0 Å². The third-order valence-corrected chi connectivity index (χ3v) is 5.80. The zero-order valence-corrected chi connectivity index (χ0v) is 16.6. The molecule has 0 saturated carbocycles. The molecule has 0 aliphatic carbocycles. The molecular weight excluding hydrogens is 288 g/mol. The normalized spacial score (nSPS) is 21.1. The number of aliphatic hydroxyl groups excluding tert-OH is 2. The molecule has 0 spiro atoms. The summed E-state index contributed by atoms with van der Waals surface area (Å²) in [5, 5.41) is 19.8. The van der Waals surface area contributed by atoms with Crippen molar-refractivity contribution in [2.75, 3.05) is 0 Å². The van der Waals surface area contributed by atoms with Crippen LogP contribution in [0.25, 0.3) is 0 Å². The van der Waals surface area contributed by atoms with E-state index in [1.165, 1.54) is 11.1 Å². The highest BCUT2D eigenvalue weighted by Gasteiger charge is 2.26. The van der Waals surface area contributed by atoms with Crippen molar-refractivity contribution in [2.24, 2.45) is 23.7 Å². The van der Waals surface area contributed by atoms with Crippen LogP contribution in [0.4, 0.5) is 0 Å². The van der Waals surface area contributed by atoms with E-state index in [2.05, 4.69) is 48.5 Å². The fraction of sp³-hybridized carbons (Fsp3) is 0.900. The Morgan fingerprint density at radius 1 is 0.870 bits per heavy atom. The molecule has 3 nitrogen and oxygen atoms in total. The van der Waals surface area contributed by atoms with Crippen LogP contribution in [0.2, 0.25) is 0 Å². The Balaban J connectivity index is 5.33. The SMILES string of the molecule is CCC(O)OC(O)C/C(=C(/C)[C@@H](C)CC)[C@H](C)[C@H](C)[C@H](C)CC. The van der Waals surface area contributed by atoms with Crippen LogP contribution in [0.15, 0.2) is 11.1 Å². The van der Waals surface area contributed by atoms with Crippen molar-refractivity contribution < 1.29 is 14.9 Å². The number of rotatable bonds is 11. The summed E-state index contributed by atoms with van der Waals surface area (Å²) >= 11 is 0. The van der Waals surface area contributed by atoms with Crippen molar-refractivity contribution >= 4 is 0 Å². The summed E-state index contributed by atoms with van der Waals surface area (Å²) in [6, 6.07) is 0. The fourth-order valence-electron chi connectivity index (χ4n) is 3.02. The van der Waals surface area contributed by atoms with Gasteiger partial charge in [0.25, 0.3) is 0 Å². The Kier molecular flexibility index (Phi) is 11.0. The van der Waals surface area contributed by atoms with Crippen molar-refractivity contribution in [3.63, 3.8) is 0 Å². The lowest BCUT2D eigenvalue weighted by atomic mass is 9.75. The summed E-state index contributed by atoms with van der Waals surface area (Å²) in [6.07, 6.45) is 1.39. The monoisotopic (exact) mass is 328 g/mol. The van der Waals surface area contributed by atoms with Crippen LogP contribution >= 0.6 is 0 Å². The molecule has 138 valence electrons. The molecule has 0 aromatic heterocycles. The first-order valence-corrected chi connectivity index (χ1v) is 9.40. The van der Waals surface area contributed by atoms with E-state index in [1.807, 2.05) is 6.92 Å². The molecule has 0 saturated heterocycles. The molecule has 0 aliphatic rings. The highest BCUT2D eigenvalue weighted by molar-refractivity contribution is 5.18. The minimum Gasteiger partial charge on any atom is -0.368 e. The predicted molar refractivity (Wildman–Crippen MR) is 97.9 cm³/mol. The van der Waals surface area contributed by atoms with Crippen LogP contribution in [0.1, 0.15) is 81.1 Å². The molecule has 0 bridgehead atoms. The minimum atomic E-state index is -0.939. The average molecular weight is 329 g/mol. The molecule has 0 rings (SSSR count). The van der Waals surface area contributed by atoms with Gasteiger partial charge in [-0.05, 0) is 43.4 Å². The topological polar surface area (TPSA) is 49.7 Å². The van der Waals surface area contributed by atoms with E-state index in [9.17, 15) is 10.2 Å². The summed E-state index contributed by atoms with van der Waals surface area (Å²) in [5.74, 6) is 2.09. The van der Waals surface area contributed by atoms with Gasteiger partial charge in [-0.15, -0.1) is 0 Å². The second-order valence-electron chi connectivity index (χ2n) is 7.21. The van der Waals surface area contributed by atoms with Crippen LogP contribution in [0.5, 0.6) is 0 Å². The maximum absolute atomic E-state index is 10.2. The molecule has 2 N–H and O–H groups in total. The van der Waals surface area contributed by atoms with Crippen LogP contribution in [0, 0.1) is 23.7 Å². The lowest BCUT2D eigenvalue weighted by molar-refractivity contribution is -0.207. The largest absolute Gasteiger partial charge is 0.368 e. The zero-order valence-electron chi connectivity index (χ0n) is 16.6. The van der Waals surface area contributed by atoms with Gasteiger partial charge >= 0.3 is 0 Å². The van der Waals surface area contributed by atoms with Crippen molar-refractivity contribution in [2.45, 2.75) is 93.7 Å². The molecule has 0 radical (unpaired) electrons. The van der Waals surface area contributed by atoms with E-state index in [0.717, 1.165) is 12.8 Å². The van der Waals surface area contributed by atoms with Crippen LogP contribution in [-0.4, -0.2) is 22.8 Å². The summed E-state index contributed by atoms with van der Waals surface area (Å²) in [7, 11) is 0. The summed E-state index contributed by atoms with van der Waals surface area (Å²) in [4.78, 5) is 0. The average Bonchev–Trinajstić information content (AvgIpc) is 2.55. The van der Waals surface area contributed by atoms with E-state index < -0.39 is 12.6 Å². The van der Waals surface area contributed by atoms with Crippen molar-refractivity contribution in [3.05, 3.63) is 11.1 Å². The number of ether oxygens (including phenoxy) is 1. The van der Waals surface area contributed by atoms with Gasteiger partial charge in [0, 0.05) is 6.42 Å². The number of allylic oxidation sites excluding steroid dienone is 1. The summed E-state index contributed by atoms with van der Waals surface area (Å²) < 4.78 is 5.29. The molecule has 3 heteroatoms. The maximum atomic E-state index is 10.2. The van der Waals surface area contributed by atoms with Gasteiger partial charge in [0.2, 0.25) is 0 Å². The third-order valence-electron chi connectivity index (χ3n) is 5.80. The summed E-state index contributed by atoms with van der Waals surface area (Å²) in [5.41, 5.74) is 2.66. The first-order valence-electron chi connectivity index (χ1n) is 9.40. The Morgan fingerprint density at radius 2 is 1.43 bits per heavy atom. The molecule has 0 fully saturated rings. The molecule has 23 heavy (non-hydrogen) atoms. The van der Waals surface area contributed by atoms with Gasteiger partial charge in [-0.1, -0.05) is 66.0 Å².